The summed E-state index contributed by atoms with van der Waals surface area (Å²) in [6.07, 6.45) is 1.55. The van der Waals surface area contributed by atoms with Crippen molar-refractivity contribution in [3.8, 4) is 5.69 Å². The van der Waals surface area contributed by atoms with E-state index in [1.54, 1.807) is 36.0 Å². The van der Waals surface area contributed by atoms with Crippen LogP contribution in [0.15, 0.2) is 42.7 Å². The fourth-order valence-electron chi connectivity index (χ4n) is 2.31. The molecule has 4 nitrogen and oxygen atoms in total. The number of fused-ring (bicyclic) bond motifs is 1. The standard InChI is InChI=1S/C15H11FN2O2/c1-9-7-10(16)5-6-13(9)18-8-17-12-4-2-3-11(14(12)18)15(19)20/h2-8H,1H3,(H,19,20). The zero-order valence-electron chi connectivity index (χ0n) is 10.7. The van der Waals surface area contributed by atoms with Crippen molar-refractivity contribution in [2.45, 2.75) is 6.92 Å². The lowest BCUT2D eigenvalue weighted by atomic mass is 10.1. The van der Waals surface area contributed by atoms with Gasteiger partial charge in [-0.15, -0.1) is 0 Å². The lowest BCUT2D eigenvalue weighted by Gasteiger charge is -2.09. The van der Waals surface area contributed by atoms with Gasteiger partial charge in [0.05, 0.1) is 22.3 Å². The highest BCUT2D eigenvalue weighted by atomic mass is 19.1. The van der Waals surface area contributed by atoms with Gasteiger partial charge in [-0.25, -0.2) is 14.2 Å². The highest BCUT2D eigenvalue weighted by molar-refractivity contribution is 6.01. The zero-order chi connectivity index (χ0) is 14.3. The predicted octanol–water partition coefficient (Wildman–Crippen LogP) is 3.17. The Hall–Kier alpha value is -2.69. The van der Waals surface area contributed by atoms with E-state index >= 15 is 0 Å². The minimum atomic E-state index is -1.02. The van der Waals surface area contributed by atoms with Gasteiger partial charge in [-0.1, -0.05) is 6.07 Å². The molecule has 0 bridgehead atoms. The van der Waals surface area contributed by atoms with E-state index in [1.165, 1.54) is 18.2 Å². The Bertz CT molecular complexity index is 824. The monoisotopic (exact) mass is 270 g/mol. The second-order valence-electron chi connectivity index (χ2n) is 4.52. The number of rotatable bonds is 2. The summed E-state index contributed by atoms with van der Waals surface area (Å²) in [4.78, 5) is 15.5. The number of carboxylic acids is 1. The SMILES string of the molecule is Cc1cc(F)ccc1-n1cnc2cccc(C(=O)O)c21. The number of aromatic carboxylic acids is 1. The van der Waals surface area contributed by atoms with Crippen molar-refractivity contribution in [2.75, 3.05) is 0 Å². The number of imidazole rings is 1. The number of hydrogen-bond donors (Lipinski definition) is 1. The molecule has 0 saturated carbocycles. The van der Waals surface area contributed by atoms with Crippen LogP contribution >= 0.6 is 0 Å². The molecule has 1 N–H and O–H groups in total. The number of nitrogens with zero attached hydrogens (tertiary/aromatic N) is 2. The average molecular weight is 270 g/mol. The quantitative estimate of drug-likeness (QED) is 0.778. The molecular formula is C15H11FN2O2. The molecular weight excluding hydrogens is 259 g/mol. The van der Waals surface area contributed by atoms with E-state index in [0.717, 1.165) is 0 Å². The van der Waals surface area contributed by atoms with Crippen molar-refractivity contribution >= 4 is 17.0 Å². The van der Waals surface area contributed by atoms with Gasteiger partial charge in [-0.05, 0) is 42.8 Å². The minimum Gasteiger partial charge on any atom is -0.478 e. The predicted molar refractivity (Wildman–Crippen MR) is 72.7 cm³/mol. The normalized spacial score (nSPS) is 10.9. The van der Waals surface area contributed by atoms with E-state index in [-0.39, 0.29) is 11.4 Å². The molecule has 0 amide bonds. The summed E-state index contributed by atoms with van der Waals surface area (Å²) in [5.74, 6) is -1.34. The summed E-state index contributed by atoms with van der Waals surface area (Å²) in [6.45, 7) is 1.77. The molecule has 0 spiro atoms. The van der Waals surface area contributed by atoms with Crippen LogP contribution in [0.2, 0.25) is 0 Å². The molecule has 100 valence electrons. The molecule has 1 aromatic heterocycles. The maximum atomic E-state index is 13.2. The Labute approximate surface area is 114 Å². The fourth-order valence-corrected chi connectivity index (χ4v) is 2.31. The second-order valence-corrected chi connectivity index (χ2v) is 4.52. The maximum absolute atomic E-state index is 13.2. The van der Waals surface area contributed by atoms with Crippen LogP contribution in [0.3, 0.4) is 0 Å². The first kappa shape index (κ1) is 12.3. The molecule has 0 fully saturated rings. The number of halogens is 1. The van der Waals surface area contributed by atoms with Gasteiger partial charge in [0.2, 0.25) is 0 Å². The fraction of sp³-hybridized carbons (Fsp3) is 0.0667. The first-order valence-electron chi connectivity index (χ1n) is 6.04. The van der Waals surface area contributed by atoms with Gasteiger partial charge in [0.25, 0.3) is 0 Å². The molecule has 2 aromatic carbocycles. The van der Waals surface area contributed by atoms with Crippen molar-refractivity contribution in [1.82, 2.24) is 9.55 Å². The second kappa shape index (κ2) is 4.45. The van der Waals surface area contributed by atoms with Crippen molar-refractivity contribution in [3.63, 3.8) is 0 Å². The van der Waals surface area contributed by atoms with Crippen LogP contribution in [0.25, 0.3) is 16.7 Å². The molecule has 0 aliphatic heterocycles. The molecule has 5 heteroatoms. The number of aryl methyl sites for hydroxylation is 1. The number of para-hydroxylation sites is 1. The Balaban J connectivity index is 2.34. The topological polar surface area (TPSA) is 55.1 Å². The van der Waals surface area contributed by atoms with Gasteiger partial charge < -0.3 is 5.11 Å². The van der Waals surface area contributed by atoms with Gasteiger partial charge in [-0.2, -0.15) is 0 Å². The van der Waals surface area contributed by atoms with Crippen LogP contribution in [0.1, 0.15) is 15.9 Å². The number of hydrogen-bond acceptors (Lipinski definition) is 2. The van der Waals surface area contributed by atoms with E-state index in [0.29, 0.717) is 22.3 Å². The summed E-state index contributed by atoms with van der Waals surface area (Å²) in [7, 11) is 0. The van der Waals surface area contributed by atoms with Crippen LogP contribution in [0.5, 0.6) is 0 Å². The van der Waals surface area contributed by atoms with Crippen LogP contribution < -0.4 is 0 Å². The van der Waals surface area contributed by atoms with Gasteiger partial charge in [0, 0.05) is 0 Å². The summed E-state index contributed by atoms with van der Waals surface area (Å²) >= 11 is 0. The first-order chi connectivity index (χ1) is 9.58. The summed E-state index contributed by atoms with van der Waals surface area (Å²) in [6, 6.07) is 9.30. The lowest BCUT2D eigenvalue weighted by Crippen LogP contribution is -2.03. The highest BCUT2D eigenvalue weighted by Crippen LogP contribution is 2.24. The van der Waals surface area contributed by atoms with Gasteiger partial charge >= 0.3 is 5.97 Å². The summed E-state index contributed by atoms with van der Waals surface area (Å²) in [5, 5.41) is 9.28. The molecule has 3 rings (SSSR count). The van der Waals surface area contributed by atoms with E-state index in [2.05, 4.69) is 4.98 Å². The highest BCUT2D eigenvalue weighted by Gasteiger charge is 2.15. The van der Waals surface area contributed by atoms with E-state index in [9.17, 15) is 14.3 Å². The molecule has 20 heavy (non-hydrogen) atoms. The molecule has 3 aromatic rings. The third-order valence-corrected chi connectivity index (χ3v) is 3.22. The first-order valence-corrected chi connectivity index (χ1v) is 6.04. The molecule has 0 atom stereocenters. The van der Waals surface area contributed by atoms with Crippen LogP contribution in [-0.4, -0.2) is 20.6 Å². The van der Waals surface area contributed by atoms with Crippen molar-refractivity contribution < 1.29 is 14.3 Å². The Kier molecular flexibility index (Phi) is 2.75. The molecule has 0 aliphatic carbocycles. The number of benzene rings is 2. The van der Waals surface area contributed by atoms with Crippen LogP contribution in [0, 0.1) is 12.7 Å². The molecule has 0 aliphatic rings. The number of carbonyl (C=O) groups is 1. The van der Waals surface area contributed by atoms with E-state index in [4.69, 9.17) is 0 Å². The molecule has 0 saturated heterocycles. The van der Waals surface area contributed by atoms with Crippen molar-refractivity contribution in [2.24, 2.45) is 0 Å². The van der Waals surface area contributed by atoms with Crippen molar-refractivity contribution in [1.29, 1.82) is 0 Å². The lowest BCUT2D eigenvalue weighted by molar-refractivity contribution is 0.0698. The Morgan fingerprint density at radius 3 is 2.80 bits per heavy atom. The average Bonchev–Trinajstić information content (AvgIpc) is 2.82. The van der Waals surface area contributed by atoms with Gasteiger partial charge in [0.1, 0.15) is 12.1 Å². The van der Waals surface area contributed by atoms with Crippen LogP contribution in [0.4, 0.5) is 4.39 Å². The maximum Gasteiger partial charge on any atom is 0.337 e. The van der Waals surface area contributed by atoms with Gasteiger partial charge in [-0.3, -0.25) is 4.57 Å². The Morgan fingerprint density at radius 2 is 2.10 bits per heavy atom. The minimum absolute atomic E-state index is 0.170. The van der Waals surface area contributed by atoms with E-state index < -0.39 is 5.97 Å². The third kappa shape index (κ3) is 1.84. The summed E-state index contributed by atoms with van der Waals surface area (Å²) in [5.41, 5.74) is 2.69. The Morgan fingerprint density at radius 1 is 1.30 bits per heavy atom. The van der Waals surface area contributed by atoms with E-state index in [1.807, 2.05) is 0 Å². The summed E-state index contributed by atoms with van der Waals surface area (Å²) < 4.78 is 14.9. The smallest absolute Gasteiger partial charge is 0.337 e. The molecule has 0 unspecified atom stereocenters. The number of carboxylic acid groups (broad SMARTS) is 1. The third-order valence-electron chi connectivity index (χ3n) is 3.22. The number of aromatic nitrogens is 2. The van der Waals surface area contributed by atoms with Crippen LogP contribution in [-0.2, 0) is 0 Å². The molecule has 0 radical (unpaired) electrons. The van der Waals surface area contributed by atoms with Gasteiger partial charge in [0.15, 0.2) is 0 Å². The molecule has 1 heterocycles. The van der Waals surface area contributed by atoms with Crippen molar-refractivity contribution in [3.05, 3.63) is 59.7 Å². The largest absolute Gasteiger partial charge is 0.478 e. The zero-order valence-corrected chi connectivity index (χ0v) is 10.7.